The summed E-state index contributed by atoms with van der Waals surface area (Å²) in [5.41, 5.74) is 2.71. The van der Waals surface area contributed by atoms with E-state index in [1.54, 1.807) is 0 Å². The molecule has 3 N–H and O–H groups in total. The SMILES string of the molecule is O=C(NC(Cc1c[nH]c(=O)c([N+](=O)[O-])c1)C(=O)O)OCC1c2ccccc2-c2ccccc21. The molecular formula is C23H19N3O7. The zero-order valence-corrected chi connectivity index (χ0v) is 17.2. The number of fused-ring (bicyclic) bond motifs is 3. The number of aromatic amines is 1. The molecule has 33 heavy (non-hydrogen) atoms. The van der Waals surface area contributed by atoms with E-state index in [1.165, 1.54) is 6.20 Å². The summed E-state index contributed by atoms with van der Waals surface area (Å²) in [4.78, 5) is 47.8. The Morgan fingerprint density at radius 2 is 1.73 bits per heavy atom. The van der Waals surface area contributed by atoms with Crippen molar-refractivity contribution in [2.75, 3.05) is 6.61 Å². The average molecular weight is 449 g/mol. The van der Waals surface area contributed by atoms with E-state index in [2.05, 4.69) is 10.3 Å². The quantitative estimate of drug-likeness (QED) is 0.370. The first-order chi connectivity index (χ1) is 15.8. The van der Waals surface area contributed by atoms with Gasteiger partial charge in [0.1, 0.15) is 12.6 Å². The van der Waals surface area contributed by atoms with E-state index < -0.39 is 34.3 Å². The first-order valence-electron chi connectivity index (χ1n) is 10.1. The standard InChI is InChI=1S/C23H19N3O7/c27-21-20(26(31)32)10-13(11-24-21)9-19(22(28)29)25-23(30)33-12-18-16-7-3-1-5-14(16)15-6-2-4-8-17(15)18/h1-8,10-11,18-19H,9,12H2,(H,24,27)(H,25,30)(H,28,29). The molecule has 1 aliphatic rings. The van der Waals surface area contributed by atoms with Crippen molar-refractivity contribution in [2.24, 2.45) is 0 Å². The van der Waals surface area contributed by atoms with Gasteiger partial charge in [0, 0.05) is 24.6 Å². The Morgan fingerprint density at radius 1 is 1.12 bits per heavy atom. The summed E-state index contributed by atoms with van der Waals surface area (Å²) in [6, 6.07) is 15.2. The Kier molecular flexibility index (Phi) is 5.90. The number of alkyl carbamates (subject to hydrolysis) is 1. The molecule has 0 radical (unpaired) electrons. The molecule has 0 aliphatic heterocycles. The highest BCUT2D eigenvalue weighted by Crippen LogP contribution is 2.44. The van der Waals surface area contributed by atoms with Crippen molar-refractivity contribution < 1.29 is 24.4 Å². The van der Waals surface area contributed by atoms with E-state index in [9.17, 15) is 29.6 Å². The number of pyridine rings is 1. The zero-order chi connectivity index (χ0) is 23.5. The van der Waals surface area contributed by atoms with Crippen LogP contribution in [-0.2, 0) is 16.0 Å². The molecule has 1 amide bonds. The molecule has 4 rings (SSSR count). The van der Waals surface area contributed by atoms with Gasteiger partial charge in [-0.1, -0.05) is 48.5 Å². The number of aromatic nitrogens is 1. The van der Waals surface area contributed by atoms with Crippen LogP contribution in [0.1, 0.15) is 22.6 Å². The number of ether oxygens (including phenoxy) is 1. The minimum Gasteiger partial charge on any atom is -0.480 e. The summed E-state index contributed by atoms with van der Waals surface area (Å²) >= 11 is 0. The molecule has 0 bridgehead atoms. The highest BCUT2D eigenvalue weighted by molar-refractivity contribution is 5.81. The van der Waals surface area contributed by atoms with Crippen molar-refractivity contribution in [3.8, 4) is 11.1 Å². The van der Waals surface area contributed by atoms with Crippen molar-refractivity contribution in [2.45, 2.75) is 18.4 Å². The lowest BCUT2D eigenvalue weighted by atomic mass is 9.98. The van der Waals surface area contributed by atoms with Crippen molar-refractivity contribution >= 4 is 17.7 Å². The van der Waals surface area contributed by atoms with Crippen LogP contribution in [0.15, 0.2) is 65.6 Å². The number of benzene rings is 2. The lowest BCUT2D eigenvalue weighted by molar-refractivity contribution is -0.386. The second kappa shape index (κ2) is 8.95. The third kappa shape index (κ3) is 4.45. The van der Waals surface area contributed by atoms with E-state index >= 15 is 0 Å². The van der Waals surface area contributed by atoms with Crippen LogP contribution in [0.5, 0.6) is 0 Å². The smallest absolute Gasteiger partial charge is 0.407 e. The molecule has 0 saturated carbocycles. The van der Waals surface area contributed by atoms with Crippen LogP contribution < -0.4 is 10.9 Å². The summed E-state index contributed by atoms with van der Waals surface area (Å²) in [6.07, 6.45) is -0.0369. The molecule has 10 heteroatoms. The number of hydrogen-bond donors (Lipinski definition) is 3. The fourth-order valence-corrected chi connectivity index (χ4v) is 3.99. The zero-order valence-electron chi connectivity index (χ0n) is 17.2. The number of aliphatic carboxylic acids is 1. The van der Waals surface area contributed by atoms with E-state index in [4.69, 9.17) is 4.74 Å². The summed E-state index contributed by atoms with van der Waals surface area (Å²) < 4.78 is 5.36. The highest BCUT2D eigenvalue weighted by atomic mass is 16.6. The topological polar surface area (TPSA) is 152 Å². The number of carbonyl (C=O) groups is 2. The van der Waals surface area contributed by atoms with Crippen LogP contribution in [0.3, 0.4) is 0 Å². The molecule has 10 nitrogen and oxygen atoms in total. The van der Waals surface area contributed by atoms with Gasteiger partial charge < -0.3 is 20.1 Å². The van der Waals surface area contributed by atoms with Crippen LogP contribution in [0, 0.1) is 10.1 Å². The van der Waals surface area contributed by atoms with E-state index in [0.717, 1.165) is 28.3 Å². The Balaban J connectivity index is 1.45. The van der Waals surface area contributed by atoms with E-state index in [1.807, 2.05) is 48.5 Å². The number of nitrogens with zero attached hydrogens (tertiary/aromatic N) is 1. The minimum atomic E-state index is -1.41. The maximum absolute atomic E-state index is 12.4. The summed E-state index contributed by atoms with van der Waals surface area (Å²) in [5.74, 6) is -1.54. The number of rotatable bonds is 7. The molecule has 1 aliphatic carbocycles. The normalized spacial score (nSPS) is 13.0. The lowest BCUT2D eigenvalue weighted by Crippen LogP contribution is -2.43. The van der Waals surface area contributed by atoms with E-state index in [-0.39, 0.29) is 24.5 Å². The second-order valence-electron chi connectivity index (χ2n) is 7.54. The maximum atomic E-state index is 12.4. The fraction of sp³-hybridized carbons (Fsp3) is 0.174. The van der Waals surface area contributed by atoms with Crippen molar-refractivity contribution in [3.05, 3.63) is 98.0 Å². The van der Waals surface area contributed by atoms with Crippen molar-refractivity contribution in [1.29, 1.82) is 0 Å². The monoisotopic (exact) mass is 449 g/mol. The van der Waals surface area contributed by atoms with Crippen molar-refractivity contribution in [3.63, 3.8) is 0 Å². The number of carboxylic acid groups (broad SMARTS) is 1. The van der Waals surface area contributed by atoms with Crippen LogP contribution in [0.2, 0.25) is 0 Å². The van der Waals surface area contributed by atoms with Crippen molar-refractivity contribution in [1.82, 2.24) is 10.3 Å². The molecule has 0 fully saturated rings. The van der Waals surface area contributed by atoms with Gasteiger partial charge in [0.2, 0.25) is 0 Å². The third-order valence-electron chi connectivity index (χ3n) is 5.51. The molecule has 1 atom stereocenters. The molecule has 168 valence electrons. The van der Waals surface area contributed by atoms with Crippen LogP contribution >= 0.6 is 0 Å². The Labute approximate surface area is 187 Å². The van der Waals surface area contributed by atoms with Crippen LogP contribution in [0.4, 0.5) is 10.5 Å². The molecule has 1 unspecified atom stereocenters. The van der Waals surface area contributed by atoms with E-state index in [0.29, 0.717) is 0 Å². The Bertz CT molecular complexity index is 1260. The van der Waals surface area contributed by atoms with Gasteiger partial charge in [-0.15, -0.1) is 0 Å². The minimum absolute atomic E-state index is 0.0102. The fourth-order valence-electron chi connectivity index (χ4n) is 3.99. The number of nitrogens with one attached hydrogen (secondary N) is 2. The molecule has 2 aromatic carbocycles. The molecular weight excluding hydrogens is 430 g/mol. The van der Waals surface area contributed by atoms with Gasteiger partial charge in [-0.05, 0) is 27.8 Å². The first kappa shape index (κ1) is 21.8. The molecule has 0 spiro atoms. The first-order valence-corrected chi connectivity index (χ1v) is 10.1. The van der Waals surface area contributed by atoms with Crippen LogP contribution in [-0.4, -0.2) is 39.7 Å². The number of H-pyrrole nitrogens is 1. The third-order valence-corrected chi connectivity index (χ3v) is 5.51. The summed E-state index contributed by atoms with van der Waals surface area (Å²) in [6.45, 7) is 0.0102. The van der Waals surface area contributed by atoms with Gasteiger partial charge in [-0.25, -0.2) is 9.59 Å². The number of amides is 1. The van der Waals surface area contributed by atoms with Gasteiger partial charge in [0.05, 0.1) is 4.92 Å². The predicted molar refractivity (Wildman–Crippen MR) is 117 cm³/mol. The number of hydrogen-bond acceptors (Lipinski definition) is 6. The number of carbonyl (C=O) groups excluding carboxylic acids is 1. The maximum Gasteiger partial charge on any atom is 0.407 e. The highest BCUT2D eigenvalue weighted by Gasteiger charge is 2.30. The molecule has 0 saturated heterocycles. The predicted octanol–water partition coefficient (Wildman–Crippen LogP) is 2.82. The van der Waals surface area contributed by atoms with Gasteiger partial charge in [0.15, 0.2) is 0 Å². The Morgan fingerprint density at radius 3 is 2.30 bits per heavy atom. The largest absolute Gasteiger partial charge is 0.480 e. The van der Waals surface area contributed by atoms with Crippen LogP contribution in [0.25, 0.3) is 11.1 Å². The van der Waals surface area contributed by atoms with Gasteiger partial charge in [0.25, 0.3) is 0 Å². The second-order valence-corrected chi connectivity index (χ2v) is 7.54. The number of nitro groups is 1. The van der Waals surface area contributed by atoms with Gasteiger partial charge >= 0.3 is 23.3 Å². The molecule has 1 aromatic heterocycles. The van der Waals surface area contributed by atoms with Gasteiger partial charge in [-0.3, -0.25) is 14.9 Å². The summed E-state index contributed by atoms with van der Waals surface area (Å²) in [7, 11) is 0. The number of carboxylic acids is 1. The average Bonchev–Trinajstić information content (AvgIpc) is 3.12. The molecule has 3 aromatic rings. The molecule has 1 heterocycles. The lowest BCUT2D eigenvalue weighted by Gasteiger charge is -2.17. The summed E-state index contributed by atoms with van der Waals surface area (Å²) in [5, 5.41) is 22.7. The van der Waals surface area contributed by atoms with Gasteiger partial charge in [-0.2, -0.15) is 0 Å². The Hall–Kier alpha value is -4.47.